The van der Waals surface area contributed by atoms with Crippen LogP contribution in [0.4, 0.5) is 5.82 Å². The van der Waals surface area contributed by atoms with E-state index in [-0.39, 0.29) is 12.0 Å². The summed E-state index contributed by atoms with van der Waals surface area (Å²) in [4.78, 5) is 8.58. The minimum Gasteiger partial charge on any atom is -0.394 e. The molecule has 1 atom stereocenters. The first-order valence-electron chi connectivity index (χ1n) is 5.39. The van der Waals surface area contributed by atoms with E-state index < -0.39 is 6.10 Å². The van der Waals surface area contributed by atoms with Crippen LogP contribution in [0, 0.1) is 0 Å². The molecule has 0 spiro atoms. The van der Waals surface area contributed by atoms with E-state index >= 15 is 0 Å². The van der Waals surface area contributed by atoms with Crippen LogP contribution in [-0.4, -0.2) is 38.6 Å². The predicted molar refractivity (Wildman–Crippen MR) is 69.0 cm³/mol. The standard InChI is InChI=1S/C11H19N3O2S/c1-11(2,3)10-13-8(12)4-9(14-10)17-6-7(16)5-15/h4,7,15-16H,5-6H2,1-3H3,(H2,12,13,14). The largest absolute Gasteiger partial charge is 0.394 e. The van der Waals surface area contributed by atoms with E-state index in [1.807, 2.05) is 20.8 Å². The summed E-state index contributed by atoms with van der Waals surface area (Å²) in [6, 6.07) is 1.67. The van der Waals surface area contributed by atoms with Crippen molar-refractivity contribution in [3.8, 4) is 0 Å². The molecule has 0 aliphatic carbocycles. The molecule has 1 aromatic heterocycles. The number of hydrogen-bond acceptors (Lipinski definition) is 6. The van der Waals surface area contributed by atoms with Gasteiger partial charge in [0.2, 0.25) is 0 Å². The zero-order valence-electron chi connectivity index (χ0n) is 10.3. The van der Waals surface area contributed by atoms with Crippen molar-refractivity contribution in [1.82, 2.24) is 9.97 Å². The van der Waals surface area contributed by atoms with Gasteiger partial charge in [-0.25, -0.2) is 9.97 Å². The summed E-state index contributed by atoms with van der Waals surface area (Å²) < 4.78 is 0. The maximum atomic E-state index is 9.27. The quantitative estimate of drug-likeness (QED) is 0.546. The lowest BCUT2D eigenvalue weighted by Crippen LogP contribution is -2.18. The van der Waals surface area contributed by atoms with E-state index in [9.17, 15) is 5.11 Å². The summed E-state index contributed by atoms with van der Waals surface area (Å²) in [5, 5.41) is 18.7. The van der Waals surface area contributed by atoms with E-state index in [2.05, 4.69) is 9.97 Å². The van der Waals surface area contributed by atoms with Crippen molar-refractivity contribution >= 4 is 17.6 Å². The Morgan fingerprint density at radius 1 is 1.41 bits per heavy atom. The summed E-state index contributed by atoms with van der Waals surface area (Å²) in [7, 11) is 0. The smallest absolute Gasteiger partial charge is 0.137 e. The van der Waals surface area contributed by atoms with Gasteiger partial charge in [0, 0.05) is 17.2 Å². The third kappa shape index (κ3) is 4.49. The van der Waals surface area contributed by atoms with Gasteiger partial charge < -0.3 is 15.9 Å². The van der Waals surface area contributed by atoms with Gasteiger partial charge in [0.25, 0.3) is 0 Å². The van der Waals surface area contributed by atoms with Gasteiger partial charge in [0.05, 0.1) is 12.7 Å². The molecular formula is C11H19N3O2S. The summed E-state index contributed by atoms with van der Waals surface area (Å²) in [5.41, 5.74) is 5.55. The van der Waals surface area contributed by atoms with Crippen LogP contribution in [0.15, 0.2) is 11.1 Å². The molecule has 96 valence electrons. The average molecular weight is 257 g/mol. The van der Waals surface area contributed by atoms with Crippen LogP contribution in [0.25, 0.3) is 0 Å². The number of nitrogens with zero attached hydrogens (tertiary/aromatic N) is 2. The summed E-state index contributed by atoms with van der Waals surface area (Å²) in [6.07, 6.45) is -0.741. The molecule has 0 radical (unpaired) electrons. The minimum absolute atomic E-state index is 0.166. The zero-order valence-corrected chi connectivity index (χ0v) is 11.2. The lowest BCUT2D eigenvalue weighted by Gasteiger charge is -2.17. The van der Waals surface area contributed by atoms with Crippen LogP contribution in [0.2, 0.25) is 0 Å². The van der Waals surface area contributed by atoms with Crippen molar-refractivity contribution in [2.75, 3.05) is 18.1 Å². The first-order valence-corrected chi connectivity index (χ1v) is 6.38. The SMILES string of the molecule is CC(C)(C)c1nc(N)cc(SCC(O)CO)n1. The average Bonchev–Trinajstić information content (AvgIpc) is 2.24. The molecule has 1 aromatic rings. The Labute approximate surface area is 105 Å². The van der Waals surface area contributed by atoms with Gasteiger partial charge in [-0.3, -0.25) is 0 Å². The maximum Gasteiger partial charge on any atom is 0.137 e. The molecule has 0 aliphatic rings. The van der Waals surface area contributed by atoms with Gasteiger partial charge in [-0.1, -0.05) is 20.8 Å². The fourth-order valence-corrected chi connectivity index (χ4v) is 1.91. The monoisotopic (exact) mass is 257 g/mol. The van der Waals surface area contributed by atoms with E-state index in [1.165, 1.54) is 11.8 Å². The van der Waals surface area contributed by atoms with Crippen molar-refractivity contribution in [3.05, 3.63) is 11.9 Å². The maximum absolute atomic E-state index is 9.27. The summed E-state index contributed by atoms with van der Waals surface area (Å²) in [6.45, 7) is 5.79. The Morgan fingerprint density at radius 3 is 2.59 bits per heavy atom. The number of nitrogens with two attached hydrogens (primary N) is 1. The molecule has 1 rings (SSSR count). The molecule has 1 heterocycles. The number of anilines is 1. The molecular weight excluding hydrogens is 238 g/mol. The molecule has 6 heteroatoms. The Balaban J connectivity index is 2.83. The van der Waals surface area contributed by atoms with Crippen LogP contribution in [0.5, 0.6) is 0 Å². The van der Waals surface area contributed by atoms with Crippen molar-refractivity contribution in [1.29, 1.82) is 0 Å². The number of aromatic nitrogens is 2. The molecule has 1 unspecified atom stereocenters. The number of aliphatic hydroxyl groups is 2. The molecule has 0 aliphatic heterocycles. The topological polar surface area (TPSA) is 92.3 Å². The molecule has 0 saturated heterocycles. The molecule has 0 bridgehead atoms. The van der Waals surface area contributed by atoms with Gasteiger partial charge in [-0.15, -0.1) is 11.8 Å². The second kappa shape index (κ2) is 5.66. The third-order valence-electron chi connectivity index (χ3n) is 2.03. The van der Waals surface area contributed by atoms with Crippen LogP contribution in [-0.2, 0) is 5.41 Å². The number of hydrogen-bond donors (Lipinski definition) is 3. The van der Waals surface area contributed by atoms with Gasteiger partial charge in [-0.2, -0.15) is 0 Å². The predicted octanol–water partition coefficient (Wildman–Crippen LogP) is 0.802. The van der Waals surface area contributed by atoms with E-state index in [0.29, 0.717) is 17.4 Å². The second-order valence-electron chi connectivity index (χ2n) is 4.85. The van der Waals surface area contributed by atoms with Crippen LogP contribution < -0.4 is 5.73 Å². The van der Waals surface area contributed by atoms with Gasteiger partial charge in [0.15, 0.2) is 0 Å². The van der Waals surface area contributed by atoms with E-state index in [1.54, 1.807) is 6.07 Å². The van der Waals surface area contributed by atoms with Crippen LogP contribution in [0.1, 0.15) is 26.6 Å². The highest BCUT2D eigenvalue weighted by atomic mass is 32.2. The highest BCUT2D eigenvalue weighted by molar-refractivity contribution is 7.99. The van der Waals surface area contributed by atoms with Gasteiger partial charge >= 0.3 is 0 Å². The Bertz CT molecular complexity index is 379. The fraction of sp³-hybridized carbons (Fsp3) is 0.636. The Kier molecular flexibility index (Phi) is 4.73. The zero-order chi connectivity index (χ0) is 13.1. The number of aliphatic hydroxyl groups excluding tert-OH is 2. The van der Waals surface area contributed by atoms with E-state index in [4.69, 9.17) is 10.8 Å². The minimum atomic E-state index is -0.741. The van der Waals surface area contributed by atoms with Crippen molar-refractivity contribution in [3.63, 3.8) is 0 Å². The highest BCUT2D eigenvalue weighted by Crippen LogP contribution is 2.24. The van der Waals surface area contributed by atoms with Gasteiger partial charge in [-0.05, 0) is 0 Å². The molecule has 5 nitrogen and oxygen atoms in total. The fourth-order valence-electron chi connectivity index (χ4n) is 1.09. The summed E-state index contributed by atoms with van der Waals surface area (Å²) >= 11 is 1.36. The third-order valence-corrected chi connectivity index (χ3v) is 3.08. The number of thioether (sulfide) groups is 1. The molecule has 17 heavy (non-hydrogen) atoms. The molecule has 0 fully saturated rings. The molecule has 4 N–H and O–H groups in total. The Hall–Kier alpha value is -0.850. The lowest BCUT2D eigenvalue weighted by molar-refractivity contribution is 0.113. The van der Waals surface area contributed by atoms with E-state index in [0.717, 1.165) is 5.03 Å². The molecule has 0 aromatic carbocycles. The summed E-state index contributed by atoms with van der Waals surface area (Å²) in [5.74, 6) is 1.49. The van der Waals surface area contributed by atoms with Crippen molar-refractivity contribution in [2.24, 2.45) is 0 Å². The van der Waals surface area contributed by atoms with Crippen LogP contribution >= 0.6 is 11.8 Å². The van der Waals surface area contributed by atoms with Crippen molar-refractivity contribution < 1.29 is 10.2 Å². The number of nitrogen functional groups attached to an aromatic ring is 1. The lowest BCUT2D eigenvalue weighted by atomic mass is 9.96. The van der Waals surface area contributed by atoms with Crippen molar-refractivity contribution in [2.45, 2.75) is 37.3 Å². The highest BCUT2D eigenvalue weighted by Gasteiger charge is 2.19. The molecule has 0 amide bonds. The van der Waals surface area contributed by atoms with Crippen LogP contribution in [0.3, 0.4) is 0 Å². The molecule has 0 saturated carbocycles. The van der Waals surface area contributed by atoms with Gasteiger partial charge in [0.1, 0.15) is 16.7 Å². The second-order valence-corrected chi connectivity index (χ2v) is 5.89. The first kappa shape index (κ1) is 14.2. The Morgan fingerprint density at radius 2 is 2.06 bits per heavy atom. The normalized spacial score (nSPS) is 13.7. The number of rotatable bonds is 4. The first-order chi connectivity index (χ1) is 7.82.